The maximum atomic E-state index is 11.1. The Morgan fingerprint density at radius 1 is 1.32 bits per heavy atom. The number of aliphatic carboxylic acids is 1. The van der Waals surface area contributed by atoms with Crippen molar-refractivity contribution in [3.8, 4) is 0 Å². The molecule has 0 aliphatic rings. The zero-order valence-electron chi connectivity index (χ0n) is 11.2. The summed E-state index contributed by atoms with van der Waals surface area (Å²) in [5.41, 5.74) is 0.940. The summed E-state index contributed by atoms with van der Waals surface area (Å²) in [7, 11) is 1.25. The molecule has 0 aliphatic heterocycles. The summed E-state index contributed by atoms with van der Waals surface area (Å²) in [5.74, 6) is -1.82. The molecule has 1 aromatic carbocycles. The second kappa shape index (κ2) is 9.27. The standard InChI is InChI=1S/C13H15NO4.K/c1-9(8-11(15)18-2)14-12(13(16)17)10-6-4-3-5-7-10;/h3-8,12,14H,1-2H3,(H,16,17);/q;+1/p-1/b9-8-;/t12-;/m1./s1. The third kappa shape index (κ3) is 6.35. The Balaban J connectivity index is 0.00000324. The summed E-state index contributed by atoms with van der Waals surface area (Å²) in [4.78, 5) is 22.1. The summed E-state index contributed by atoms with van der Waals surface area (Å²) in [6.45, 7) is 1.58. The number of carbonyl (C=O) groups excluding carboxylic acids is 2. The molecule has 0 fully saturated rings. The molecule has 0 unspecified atom stereocenters. The zero-order valence-corrected chi connectivity index (χ0v) is 14.3. The van der Waals surface area contributed by atoms with Crippen LogP contribution in [0.4, 0.5) is 0 Å². The van der Waals surface area contributed by atoms with Gasteiger partial charge in [0.2, 0.25) is 0 Å². The molecule has 0 aromatic heterocycles. The molecular weight excluding hydrogens is 273 g/mol. The van der Waals surface area contributed by atoms with Gasteiger partial charge in [0.15, 0.2) is 0 Å². The Labute approximate surface area is 154 Å². The quantitative estimate of drug-likeness (QED) is 0.358. The summed E-state index contributed by atoms with van der Waals surface area (Å²) < 4.78 is 4.45. The van der Waals surface area contributed by atoms with Crippen LogP contribution >= 0.6 is 0 Å². The number of allylic oxidation sites excluding steroid dienone is 1. The number of rotatable bonds is 5. The Bertz CT molecular complexity index is 459. The molecular formula is C13H14KNO4. The van der Waals surface area contributed by atoms with Crippen LogP contribution in [0.1, 0.15) is 18.5 Å². The maximum Gasteiger partial charge on any atom is 1.00 e. The predicted octanol–water partition coefficient (Wildman–Crippen LogP) is -2.85. The first kappa shape index (κ1) is 18.3. The number of carbonyl (C=O) groups is 2. The van der Waals surface area contributed by atoms with E-state index in [0.29, 0.717) is 11.3 Å². The molecule has 1 N–H and O–H groups in total. The van der Waals surface area contributed by atoms with Crippen molar-refractivity contribution in [3.05, 3.63) is 47.7 Å². The van der Waals surface area contributed by atoms with E-state index in [0.717, 1.165) is 0 Å². The van der Waals surface area contributed by atoms with E-state index < -0.39 is 18.0 Å². The van der Waals surface area contributed by atoms with Gasteiger partial charge in [-0.2, -0.15) is 0 Å². The van der Waals surface area contributed by atoms with Gasteiger partial charge < -0.3 is 20.0 Å². The van der Waals surface area contributed by atoms with Crippen molar-refractivity contribution in [1.82, 2.24) is 5.32 Å². The van der Waals surface area contributed by atoms with E-state index in [-0.39, 0.29) is 51.4 Å². The zero-order chi connectivity index (χ0) is 13.5. The molecule has 0 radical (unpaired) electrons. The molecule has 0 amide bonds. The van der Waals surface area contributed by atoms with Gasteiger partial charge in [0.05, 0.1) is 19.1 Å². The van der Waals surface area contributed by atoms with Crippen molar-refractivity contribution in [2.75, 3.05) is 7.11 Å². The topological polar surface area (TPSA) is 78.5 Å². The summed E-state index contributed by atoms with van der Waals surface area (Å²) >= 11 is 0. The maximum absolute atomic E-state index is 11.1. The van der Waals surface area contributed by atoms with Crippen molar-refractivity contribution >= 4 is 11.9 Å². The first-order chi connectivity index (χ1) is 8.54. The van der Waals surface area contributed by atoms with Crippen molar-refractivity contribution < 1.29 is 70.8 Å². The molecule has 0 aliphatic carbocycles. The van der Waals surface area contributed by atoms with E-state index in [9.17, 15) is 14.7 Å². The molecule has 0 heterocycles. The fourth-order valence-electron chi connectivity index (χ4n) is 1.43. The number of methoxy groups -OCH3 is 1. The van der Waals surface area contributed by atoms with Crippen LogP contribution in [0.5, 0.6) is 0 Å². The number of benzene rings is 1. The number of hydrogen-bond donors (Lipinski definition) is 1. The summed E-state index contributed by atoms with van der Waals surface area (Å²) in [6, 6.07) is 7.57. The average molecular weight is 287 g/mol. The molecule has 1 atom stereocenters. The van der Waals surface area contributed by atoms with Gasteiger partial charge in [0, 0.05) is 11.8 Å². The average Bonchev–Trinajstić information content (AvgIpc) is 2.36. The normalized spacial score (nSPS) is 12.0. The number of nitrogens with one attached hydrogen (secondary N) is 1. The van der Waals surface area contributed by atoms with Crippen LogP contribution in [0.15, 0.2) is 42.1 Å². The molecule has 6 heteroatoms. The number of esters is 1. The second-order valence-electron chi connectivity index (χ2n) is 3.66. The largest absolute Gasteiger partial charge is 1.00 e. The first-order valence-corrected chi connectivity index (χ1v) is 5.33. The fourth-order valence-corrected chi connectivity index (χ4v) is 1.43. The predicted molar refractivity (Wildman–Crippen MR) is 63.1 cm³/mol. The van der Waals surface area contributed by atoms with E-state index in [1.807, 2.05) is 0 Å². The van der Waals surface area contributed by atoms with Crippen LogP contribution in [-0.4, -0.2) is 19.0 Å². The summed E-state index contributed by atoms with van der Waals surface area (Å²) in [5, 5.41) is 13.8. The van der Waals surface area contributed by atoms with E-state index in [4.69, 9.17) is 0 Å². The van der Waals surface area contributed by atoms with Gasteiger partial charge in [0.25, 0.3) is 0 Å². The monoisotopic (exact) mass is 287 g/mol. The van der Waals surface area contributed by atoms with Crippen LogP contribution < -0.4 is 61.8 Å². The van der Waals surface area contributed by atoms with Crippen LogP contribution in [-0.2, 0) is 14.3 Å². The van der Waals surface area contributed by atoms with Crippen LogP contribution in [0.3, 0.4) is 0 Å². The Morgan fingerprint density at radius 2 is 1.89 bits per heavy atom. The van der Waals surface area contributed by atoms with E-state index >= 15 is 0 Å². The minimum absolute atomic E-state index is 0. The van der Waals surface area contributed by atoms with Gasteiger partial charge in [-0.25, -0.2) is 4.79 Å². The molecule has 1 aromatic rings. The smallest absolute Gasteiger partial charge is 0.548 e. The molecule has 0 spiro atoms. The Morgan fingerprint density at radius 3 is 2.37 bits per heavy atom. The van der Waals surface area contributed by atoms with Gasteiger partial charge in [-0.05, 0) is 12.5 Å². The van der Waals surface area contributed by atoms with Crippen molar-refractivity contribution in [1.29, 1.82) is 0 Å². The van der Waals surface area contributed by atoms with E-state index in [1.54, 1.807) is 37.3 Å². The number of carboxylic acids is 1. The molecule has 0 bridgehead atoms. The molecule has 19 heavy (non-hydrogen) atoms. The number of hydrogen-bond acceptors (Lipinski definition) is 5. The SMILES string of the molecule is COC(=O)/C=C(/C)N[C@@H](C(=O)[O-])c1ccccc1.[K+]. The van der Waals surface area contributed by atoms with Gasteiger partial charge in [-0.15, -0.1) is 0 Å². The van der Waals surface area contributed by atoms with E-state index in [2.05, 4.69) is 10.1 Å². The molecule has 5 nitrogen and oxygen atoms in total. The molecule has 96 valence electrons. The van der Waals surface area contributed by atoms with Gasteiger partial charge in [0.1, 0.15) is 0 Å². The van der Waals surface area contributed by atoms with Gasteiger partial charge >= 0.3 is 57.4 Å². The fraction of sp³-hybridized carbons (Fsp3) is 0.231. The van der Waals surface area contributed by atoms with Crippen molar-refractivity contribution in [2.45, 2.75) is 13.0 Å². The van der Waals surface area contributed by atoms with Crippen LogP contribution in [0, 0.1) is 0 Å². The van der Waals surface area contributed by atoms with Gasteiger partial charge in [-0.1, -0.05) is 30.3 Å². The second-order valence-corrected chi connectivity index (χ2v) is 3.66. The summed E-state index contributed by atoms with van der Waals surface area (Å²) in [6.07, 6.45) is 1.18. The minimum atomic E-state index is -1.26. The van der Waals surface area contributed by atoms with Crippen LogP contribution in [0.2, 0.25) is 0 Å². The number of ether oxygens (including phenoxy) is 1. The third-order valence-corrected chi connectivity index (χ3v) is 2.28. The van der Waals surface area contributed by atoms with E-state index in [1.165, 1.54) is 13.2 Å². The number of carboxylic acid groups (broad SMARTS) is 1. The van der Waals surface area contributed by atoms with Crippen molar-refractivity contribution in [3.63, 3.8) is 0 Å². The third-order valence-electron chi connectivity index (χ3n) is 2.28. The Hall–Kier alpha value is -0.664. The van der Waals surface area contributed by atoms with Crippen LogP contribution in [0.25, 0.3) is 0 Å². The molecule has 0 saturated heterocycles. The Kier molecular flexibility index (Phi) is 8.95. The minimum Gasteiger partial charge on any atom is -0.548 e. The molecule has 0 saturated carbocycles. The first-order valence-electron chi connectivity index (χ1n) is 5.33. The van der Waals surface area contributed by atoms with Crippen molar-refractivity contribution in [2.24, 2.45) is 0 Å². The molecule has 1 rings (SSSR count). The van der Waals surface area contributed by atoms with Gasteiger partial charge in [-0.3, -0.25) is 0 Å².